The largest absolute Gasteiger partial charge is 0.479 e. The molecule has 1 saturated heterocycles. The van der Waals surface area contributed by atoms with Gasteiger partial charge in [0.05, 0.1) is 0 Å². The Balaban J connectivity index is 2.54. The van der Waals surface area contributed by atoms with Crippen LogP contribution in [0.4, 0.5) is 0 Å². The standard InChI is InChI=1S/C15H17NO4/c1-15(14(19)20,11-7-3-2-4-8-11)16-12(17)9-5-6-10-13(16)18/h2-4,7-8H,5-6,9-10H2,1H3,(H,19,20). The number of carbonyl (C=O) groups excluding carboxylic acids is 2. The highest BCUT2D eigenvalue weighted by Crippen LogP contribution is 2.32. The summed E-state index contributed by atoms with van der Waals surface area (Å²) in [7, 11) is 0. The van der Waals surface area contributed by atoms with Crippen LogP contribution in [0.25, 0.3) is 0 Å². The minimum absolute atomic E-state index is 0.210. The van der Waals surface area contributed by atoms with Gasteiger partial charge in [0.25, 0.3) is 0 Å². The fourth-order valence-electron chi connectivity index (χ4n) is 2.52. The van der Waals surface area contributed by atoms with E-state index in [0.717, 1.165) is 4.90 Å². The first-order chi connectivity index (χ1) is 9.48. The van der Waals surface area contributed by atoms with E-state index in [1.165, 1.54) is 6.92 Å². The second kappa shape index (κ2) is 5.45. The SMILES string of the molecule is CC(C(=O)O)(c1ccccc1)N1C(=O)CCCCC1=O. The number of carboxylic acids is 1. The van der Waals surface area contributed by atoms with Crippen LogP contribution in [0.1, 0.15) is 38.2 Å². The first-order valence-corrected chi connectivity index (χ1v) is 6.62. The number of imide groups is 1. The minimum atomic E-state index is -1.65. The molecule has 1 N–H and O–H groups in total. The van der Waals surface area contributed by atoms with E-state index in [1.807, 2.05) is 0 Å². The molecule has 1 aromatic carbocycles. The van der Waals surface area contributed by atoms with Crippen LogP contribution in [-0.2, 0) is 19.9 Å². The number of hydrogen-bond donors (Lipinski definition) is 1. The predicted molar refractivity (Wildman–Crippen MR) is 71.8 cm³/mol. The second-order valence-corrected chi connectivity index (χ2v) is 5.07. The lowest BCUT2D eigenvalue weighted by Gasteiger charge is -2.36. The van der Waals surface area contributed by atoms with Crippen molar-refractivity contribution in [3.8, 4) is 0 Å². The van der Waals surface area contributed by atoms with E-state index in [-0.39, 0.29) is 12.8 Å². The van der Waals surface area contributed by atoms with Gasteiger partial charge in [0, 0.05) is 12.8 Å². The molecule has 1 atom stereocenters. The van der Waals surface area contributed by atoms with Crippen LogP contribution in [0, 0.1) is 0 Å². The Hall–Kier alpha value is -2.17. The first-order valence-electron chi connectivity index (χ1n) is 6.62. The Bertz CT molecular complexity index is 522. The highest BCUT2D eigenvalue weighted by Gasteiger charge is 2.47. The van der Waals surface area contributed by atoms with Gasteiger partial charge in [-0.25, -0.2) is 4.79 Å². The highest BCUT2D eigenvalue weighted by atomic mass is 16.4. The van der Waals surface area contributed by atoms with Gasteiger partial charge in [-0.05, 0) is 25.3 Å². The van der Waals surface area contributed by atoms with Crippen LogP contribution in [0.2, 0.25) is 0 Å². The van der Waals surface area contributed by atoms with Gasteiger partial charge >= 0.3 is 5.97 Å². The molecule has 106 valence electrons. The normalized spacial score (nSPS) is 19.4. The van der Waals surface area contributed by atoms with Crippen molar-refractivity contribution in [1.29, 1.82) is 0 Å². The maximum absolute atomic E-state index is 12.2. The van der Waals surface area contributed by atoms with E-state index < -0.39 is 23.3 Å². The van der Waals surface area contributed by atoms with Gasteiger partial charge in [-0.3, -0.25) is 14.5 Å². The zero-order valence-corrected chi connectivity index (χ0v) is 11.3. The molecule has 1 aromatic rings. The number of benzene rings is 1. The minimum Gasteiger partial charge on any atom is -0.479 e. The van der Waals surface area contributed by atoms with Crippen LogP contribution in [0.5, 0.6) is 0 Å². The molecule has 2 rings (SSSR count). The van der Waals surface area contributed by atoms with Gasteiger partial charge in [0.15, 0.2) is 5.54 Å². The molecule has 1 fully saturated rings. The van der Waals surface area contributed by atoms with Crippen molar-refractivity contribution in [3.05, 3.63) is 35.9 Å². The summed E-state index contributed by atoms with van der Waals surface area (Å²) in [6.07, 6.45) is 1.65. The number of rotatable bonds is 3. The van der Waals surface area contributed by atoms with Gasteiger partial charge in [-0.2, -0.15) is 0 Å². The van der Waals surface area contributed by atoms with Gasteiger partial charge in [0.2, 0.25) is 11.8 Å². The molecule has 0 radical (unpaired) electrons. The molecule has 0 saturated carbocycles. The molecule has 1 unspecified atom stereocenters. The fraction of sp³-hybridized carbons (Fsp3) is 0.400. The summed E-state index contributed by atoms with van der Waals surface area (Å²) in [5.41, 5.74) is -1.23. The lowest BCUT2D eigenvalue weighted by molar-refractivity contribution is -0.165. The molecule has 0 bridgehead atoms. The van der Waals surface area contributed by atoms with Gasteiger partial charge in [0.1, 0.15) is 0 Å². The van der Waals surface area contributed by atoms with Gasteiger partial charge in [-0.15, -0.1) is 0 Å². The number of amides is 2. The van der Waals surface area contributed by atoms with Crippen molar-refractivity contribution >= 4 is 17.8 Å². The summed E-state index contributed by atoms with van der Waals surface area (Å²) >= 11 is 0. The van der Waals surface area contributed by atoms with E-state index in [9.17, 15) is 19.5 Å². The van der Waals surface area contributed by atoms with E-state index >= 15 is 0 Å². The molecule has 2 amide bonds. The summed E-state index contributed by atoms with van der Waals surface area (Å²) in [5.74, 6) is -2.03. The van der Waals surface area contributed by atoms with Crippen LogP contribution in [-0.4, -0.2) is 27.8 Å². The number of aliphatic carboxylic acids is 1. The molecular formula is C15H17NO4. The monoisotopic (exact) mass is 275 g/mol. The Morgan fingerprint density at radius 3 is 2.05 bits per heavy atom. The second-order valence-electron chi connectivity index (χ2n) is 5.07. The van der Waals surface area contributed by atoms with Crippen molar-refractivity contribution in [3.63, 3.8) is 0 Å². The quantitative estimate of drug-likeness (QED) is 0.855. The maximum atomic E-state index is 12.2. The lowest BCUT2D eigenvalue weighted by Crippen LogP contribution is -2.54. The molecule has 0 aromatic heterocycles. The Morgan fingerprint density at radius 1 is 1.10 bits per heavy atom. The topological polar surface area (TPSA) is 74.7 Å². The van der Waals surface area contributed by atoms with Crippen molar-refractivity contribution in [2.75, 3.05) is 0 Å². The van der Waals surface area contributed by atoms with E-state index in [0.29, 0.717) is 18.4 Å². The zero-order chi connectivity index (χ0) is 14.8. The van der Waals surface area contributed by atoms with Crippen LogP contribution in [0.15, 0.2) is 30.3 Å². The lowest BCUT2D eigenvalue weighted by atomic mass is 9.89. The molecular weight excluding hydrogens is 258 g/mol. The molecule has 5 heteroatoms. The van der Waals surface area contributed by atoms with E-state index in [1.54, 1.807) is 30.3 Å². The van der Waals surface area contributed by atoms with E-state index in [2.05, 4.69) is 0 Å². The highest BCUT2D eigenvalue weighted by molar-refractivity contribution is 6.01. The molecule has 1 aliphatic heterocycles. The average molecular weight is 275 g/mol. The van der Waals surface area contributed by atoms with Crippen LogP contribution >= 0.6 is 0 Å². The van der Waals surface area contributed by atoms with Crippen molar-refractivity contribution in [2.45, 2.75) is 38.1 Å². The summed E-state index contributed by atoms with van der Waals surface area (Å²) in [6, 6.07) is 8.41. The Morgan fingerprint density at radius 2 is 1.60 bits per heavy atom. The predicted octanol–water partition coefficient (Wildman–Crippen LogP) is 1.92. The van der Waals surface area contributed by atoms with Crippen molar-refractivity contribution < 1.29 is 19.5 Å². The molecule has 0 aliphatic carbocycles. The molecule has 20 heavy (non-hydrogen) atoms. The average Bonchev–Trinajstić information content (AvgIpc) is 2.60. The number of likely N-dealkylation sites (tertiary alicyclic amines) is 1. The molecule has 0 spiro atoms. The third-order valence-corrected chi connectivity index (χ3v) is 3.73. The van der Waals surface area contributed by atoms with E-state index in [4.69, 9.17) is 0 Å². The van der Waals surface area contributed by atoms with Crippen molar-refractivity contribution in [2.24, 2.45) is 0 Å². The smallest absolute Gasteiger partial charge is 0.334 e. The van der Waals surface area contributed by atoms with Gasteiger partial charge in [-0.1, -0.05) is 30.3 Å². The summed E-state index contributed by atoms with van der Waals surface area (Å²) < 4.78 is 0. The molecule has 1 aliphatic rings. The van der Waals surface area contributed by atoms with Crippen LogP contribution < -0.4 is 0 Å². The number of carbonyl (C=O) groups is 3. The first kappa shape index (κ1) is 14.2. The maximum Gasteiger partial charge on any atom is 0.334 e. The Labute approximate surface area is 117 Å². The Kier molecular flexibility index (Phi) is 3.88. The fourth-order valence-corrected chi connectivity index (χ4v) is 2.52. The van der Waals surface area contributed by atoms with Crippen molar-refractivity contribution in [1.82, 2.24) is 4.90 Å². The van der Waals surface area contributed by atoms with Crippen LogP contribution in [0.3, 0.4) is 0 Å². The molecule has 5 nitrogen and oxygen atoms in total. The van der Waals surface area contributed by atoms with Gasteiger partial charge < -0.3 is 5.11 Å². The molecule has 1 heterocycles. The zero-order valence-electron chi connectivity index (χ0n) is 11.3. The number of hydrogen-bond acceptors (Lipinski definition) is 3. The number of carboxylic acid groups (broad SMARTS) is 1. The third kappa shape index (κ3) is 2.31. The summed E-state index contributed by atoms with van der Waals surface area (Å²) in [4.78, 5) is 37.1. The summed E-state index contributed by atoms with van der Waals surface area (Å²) in [5, 5.41) is 9.62. The third-order valence-electron chi connectivity index (χ3n) is 3.73. The number of nitrogens with zero attached hydrogens (tertiary/aromatic N) is 1. The summed E-state index contributed by atoms with van der Waals surface area (Å²) in [6.45, 7) is 1.41.